The highest BCUT2D eigenvalue weighted by Crippen LogP contribution is 2.18. The lowest BCUT2D eigenvalue weighted by Crippen LogP contribution is -2.10. The quantitative estimate of drug-likeness (QED) is 0.570. The minimum atomic E-state index is 0.167. The second-order valence-corrected chi connectivity index (χ2v) is 3.68. The highest BCUT2D eigenvalue weighted by Gasteiger charge is 2.13. The van der Waals surface area contributed by atoms with Crippen LogP contribution in [0.3, 0.4) is 0 Å². The van der Waals surface area contributed by atoms with Crippen molar-refractivity contribution in [1.29, 1.82) is 0 Å². The minimum Gasteiger partial charge on any atom is -0.466 e. The molecule has 1 aromatic heterocycles. The molecule has 13 heavy (non-hydrogen) atoms. The molecule has 0 saturated carbocycles. The molecule has 0 aromatic carbocycles. The van der Waals surface area contributed by atoms with E-state index in [1.54, 1.807) is 6.07 Å². The summed E-state index contributed by atoms with van der Waals surface area (Å²) in [6.45, 7) is 1.84. The molecule has 2 heteroatoms. The molecule has 1 aromatic rings. The Morgan fingerprint density at radius 3 is 2.85 bits per heavy atom. The fourth-order valence-electron chi connectivity index (χ4n) is 1.92. The van der Waals surface area contributed by atoms with Crippen molar-refractivity contribution in [1.82, 2.24) is 0 Å². The zero-order valence-electron chi connectivity index (χ0n) is 7.93. The first-order chi connectivity index (χ1) is 6.27. The Hall–Kier alpha value is -1.05. The maximum Gasteiger partial charge on any atom is 0.188 e. The number of hydrogen-bond acceptors (Lipinski definition) is 2. The summed E-state index contributed by atoms with van der Waals surface area (Å²) < 4.78 is 5.56. The van der Waals surface area contributed by atoms with E-state index in [9.17, 15) is 4.79 Å². The smallest absolute Gasteiger partial charge is 0.188 e. The van der Waals surface area contributed by atoms with Crippen LogP contribution in [0.5, 0.6) is 0 Å². The summed E-state index contributed by atoms with van der Waals surface area (Å²) in [5.41, 5.74) is 1.09. The third-order valence-electron chi connectivity index (χ3n) is 2.58. The summed E-state index contributed by atoms with van der Waals surface area (Å²) in [7, 11) is 0. The van der Waals surface area contributed by atoms with E-state index in [0.29, 0.717) is 0 Å². The molecule has 1 aliphatic carbocycles. The van der Waals surface area contributed by atoms with Gasteiger partial charge in [0.1, 0.15) is 11.5 Å². The Bertz CT molecular complexity index is 363. The highest BCUT2D eigenvalue weighted by molar-refractivity contribution is 5.20. The Balaban J connectivity index is 2.53. The second kappa shape index (κ2) is 3.36. The van der Waals surface area contributed by atoms with Gasteiger partial charge < -0.3 is 4.42 Å². The summed E-state index contributed by atoms with van der Waals surface area (Å²) in [6.07, 6.45) is 5.33. The number of rotatable bonds is 0. The van der Waals surface area contributed by atoms with Crippen LogP contribution in [0.1, 0.15) is 36.3 Å². The van der Waals surface area contributed by atoms with Gasteiger partial charge in [-0.25, -0.2) is 0 Å². The maximum absolute atomic E-state index is 11.6. The Morgan fingerprint density at radius 1 is 1.23 bits per heavy atom. The standard InChI is InChI=1S/C11H14O2/c1-8-7-10(12)9-5-3-2-4-6-11(9)13-8/h7H,2-6H2,1H3. The molecule has 2 nitrogen and oxygen atoms in total. The minimum absolute atomic E-state index is 0.167. The topological polar surface area (TPSA) is 30.2 Å². The molecule has 0 radical (unpaired) electrons. The molecule has 0 amide bonds. The third kappa shape index (κ3) is 1.67. The van der Waals surface area contributed by atoms with Crippen LogP contribution in [0.15, 0.2) is 15.3 Å². The summed E-state index contributed by atoms with van der Waals surface area (Å²) >= 11 is 0. The van der Waals surface area contributed by atoms with Crippen LogP contribution in [0.25, 0.3) is 0 Å². The monoisotopic (exact) mass is 178 g/mol. The van der Waals surface area contributed by atoms with Crippen molar-refractivity contribution >= 4 is 0 Å². The average Bonchev–Trinajstić information content (AvgIpc) is 2.28. The van der Waals surface area contributed by atoms with E-state index in [-0.39, 0.29) is 5.43 Å². The SMILES string of the molecule is Cc1cc(=O)c2c(o1)CCCCC2. The summed E-state index contributed by atoms with van der Waals surface area (Å²) in [4.78, 5) is 11.6. The Labute approximate surface area is 77.6 Å². The molecule has 0 saturated heterocycles. The predicted molar refractivity (Wildman–Crippen MR) is 51.0 cm³/mol. The zero-order valence-corrected chi connectivity index (χ0v) is 7.93. The molecule has 0 spiro atoms. The first-order valence-corrected chi connectivity index (χ1v) is 4.90. The molecule has 1 aliphatic rings. The van der Waals surface area contributed by atoms with Crippen molar-refractivity contribution < 1.29 is 4.42 Å². The van der Waals surface area contributed by atoms with Crippen LogP contribution < -0.4 is 5.43 Å². The largest absolute Gasteiger partial charge is 0.466 e. The van der Waals surface area contributed by atoms with Gasteiger partial charge >= 0.3 is 0 Å². The van der Waals surface area contributed by atoms with Gasteiger partial charge in [-0.3, -0.25) is 4.79 Å². The van der Waals surface area contributed by atoms with E-state index in [2.05, 4.69) is 0 Å². The van der Waals surface area contributed by atoms with Gasteiger partial charge in [0.15, 0.2) is 5.43 Å². The van der Waals surface area contributed by atoms with Gasteiger partial charge in [-0.2, -0.15) is 0 Å². The van der Waals surface area contributed by atoms with Gasteiger partial charge in [0.25, 0.3) is 0 Å². The highest BCUT2D eigenvalue weighted by atomic mass is 16.3. The van der Waals surface area contributed by atoms with Gasteiger partial charge in [0.05, 0.1) is 0 Å². The van der Waals surface area contributed by atoms with Gasteiger partial charge in [0.2, 0.25) is 0 Å². The van der Waals surface area contributed by atoms with E-state index in [4.69, 9.17) is 4.42 Å². The average molecular weight is 178 g/mol. The summed E-state index contributed by atoms with van der Waals surface area (Å²) in [5, 5.41) is 0. The van der Waals surface area contributed by atoms with Crippen molar-refractivity contribution in [2.75, 3.05) is 0 Å². The van der Waals surface area contributed by atoms with E-state index >= 15 is 0 Å². The van der Waals surface area contributed by atoms with Gasteiger partial charge in [0, 0.05) is 18.1 Å². The van der Waals surface area contributed by atoms with Crippen molar-refractivity contribution in [3.8, 4) is 0 Å². The van der Waals surface area contributed by atoms with E-state index in [0.717, 1.165) is 42.8 Å². The molecule has 0 atom stereocenters. The molecule has 1 heterocycles. The fourth-order valence-corrected chi connectivity index (χ4v) is 1.92. The van der Waals surface area contributed by atoms with Crippen molar-refractivity contribution in [2.45, 2.75) is 39.0 Å². The fraction of sp³-hybridized carbons (Fsp3) is 0.545. The number of hydrogen-bond donors (Lipinski definition) is 0. The molecular weight excluding hydrogens is 164 g/mol. The lowest BCUT2D eigenvalue weighted by molar-refractivity contribution is 0.456. The molecular formula is C11H14O2. The van der Waals surface area contributed by atoms with Crippen LogP contribution in [-0.2, 0) is 12.8 Å². The van der Waals surface area contributed by atoms with Crippen LogP contribution in [0.4, 0.5) is 0 Å². The number of fused-ring (bicyclic) bond motifs is 1. The molecule has 2 rings (SSSR count). The van der Waals surface area contributed by atoms with E-state index in [1.807, 2.05) is 6.92 Å². The molecule has 70 valence electrons. The summed E-state index contributed by atoms with van der Waals surface area (Å²) in [6, 6.07) is 1.60. The van der Waals surface area contributed by atoms with Crippen molar-refractivity contribution in [3.05, 3.63) is 33.4 Å². The maximum atomic E-state index is 11.6. The normalized spacial score (nSPS) is 16.4. The Morgan fingerprint density at radius 2 is 2.00 bits per heavy atom. The van der Waals surface area contributed by atoms with Crippen LogP contribution in [0, 0.1) is 6.92 Å². The third-order valence-corrected chi connectivity index (χ3v) is 2.58. The van der Waals surface area contributed by atoms with E-state index in [1.165, 1.54) is 6.42 Å². The molecule has 0 fully saturated rings. The van der Waals surface area contributed by atoms with Crippen molar-refractivity contribution in [2.24, 2.45) is 0 Å². The van der Waals surface area contributed by atoms with Crippen LogP contribution in [-0.4, -0.2) is 0 Å². The summed E-state index contributed by atoms with van der Waals surface area (Å²) in [5.74, 6) is 1.67. The van der Waals surface area contributed by atoms with Crippen LogP contribution in [0.2, 0.25) is 0 Å². The van der Waals surface area contributed by atoms with Gasteiger partial charge in [-0.15, -0.1) is 0 Å². The Kier molecular flexibility index (Phi) is 2.21. The van der Waals surface area contributed by atoms with Crippen molar-refractivity contribution in [3.63, 3.8) is 0 Å². The molecule has 0 N–H and O–H groups in total. The molecule has 0 aliphatic heterocycles. The number of aryl methyl sites for hydroxylation is 2. The van der Waals surface area contributed by atoms with Gasteiger partial charge in [-0.1, -0.05) is 6.42 Å². The predicted octanol–water partition coefficient (Wildman–Crippen LogP) is 2.22. The zero-order chi connectivity index (χ0) is 9.26. The first kappa shape index (κ1) is 8.54. The second-order valence-electron chi connectivity index (χ2n) is 3.68. The first-order valence-electron chi connectivity index (χ1n) is 4.90. The molecule has 0 unspecified atom stereocenters. The van der Waals surface area contributed by atoms with Crippen LogP contribution >= 0.6 is 0 Å². The lowest BCUT2D eigenvalue weighted by atomic mass is 10.1. The molecule has 0 bridgehead atoms. The lowest BCUT2D eigenvalue weighted by Gasteiger charge is -2.03. The van der Waals surface area contributed by atoms with E-state index < -0.39 is 0 Å². The van der Waals surface area contributed by atoms with Gasteiger partial charge in [-0.05, 0) is 26.2 Å².